The summed E-state index contributed by atoms with van der Waals surface area (Å²) in [5.74, 6) is -23.8. The molecule has 5 aromatic rings. The fourth-order valence-electron chi connectivity index (χ4n) is 4.60. The van der Waals surface area contributed by atoms with Crippen LogP contribution in [0.25, 0.3) is 43.8 Å². The maximum Gasteiger partial charge on any atom is 0.422 e. The van der Waals surface area contributed by atoms with Crippen LogP contribution < -0.4 is 0 Å². The second-order valence-corrected chi connectivity index (χ2v) is 8.43. The van der Waals surface area contributed by atoms with Crippen molar-refractivity contribution in [3.63, 3.8) is 0 Å². The number of rotatable bonds is 2. The average molecular weight is 578 g/mol. The van der Waals surface area contributed by atoms with Crippen molar-refractivity contribution in [1.82, 2.24) is 0 Å². The van der Waals surface area contributed by atoms with Gasteiger partial charge in [-0.3, -0.25) is 0 Å². The van der Waals surface area contributed by atoms with E-state index in [9.17, 15) is 39.5 Å². The van der Waals surface area contributed by atoms with Crippen LogP contribution >= 0.6 is 0 Å². The van der Waals surface area contributed by atoms with Gasteiger partial charge in [-0.2, -0.15) is 13.2 Å². The number of benzene rings is 5. The maximum absolute atomic E-state index is 15.4. The Bertz CT molecular complexity index is 1860. The van der Waals surface area contributed by atoms with Crippen molar-refractivity contribution in [3.05, 3.63) is 106 Å². The van der Waals surface area contributed by atoms with Gasteiger partial charge in [0.25, 0.3) is 0 Å². The van der Waals surface area contributed by atoms with Gasteiger partial charge in [-0.1, -0.05) is 30.3 Å². The van der Waals surface area contributed by atoms with Crippen molar-refractivity contribution in [2.24, 2.45) is 0 Å². The van der Waals surface area contributed by atoms with Gasteiger partial charge in [0.1, 0.15) is 5.56 Å². The van der Waals surface area contributed by atoms with Crippen LogP contribution in [0.1, 0.15) is 5.56 Å². The van der Waals surface area contributed by atoms with Crippen LogP contribution in [0.4, 0.5) is 57.1 Å². The number of alkyl halides is 3. The predicted octanol–water partition coefficient (Wildman–Crippen LogP) is 9.74. The van der Waals surface area contributed by atoms with E-state index in [2.05, 4.69) is 0 Å². The van der Waals surface area contributed by atoms with E-state index in [0.29, 0.717) is 12.1 Å². The van der Waals surface area contributed by atoms with Crippen LogP contribution in [0.5, 0.6) is 0 Å². The van der Waals surface area contributed by atoms with Crippen LogP contribution in [0.3, 0.4) is 0 Å². The Hall–Kier alpha value is -4.29. The molecule has 0 bridgehead atoms. The summed E-state index contributed by atoms with van der Waals surface area (Å²) in [6, 6.07) is 5.97. The highest BCUT2D eigenvalue weighted by atomic mass is 19.4. The molecule has 0 saturated heterocycles. The Morgan fingerprint density at radius 1 is 0.425 bits per heavy atom. The predicted molar refractivity (Wildman–Crippen MR) is 117 cm³/mol. The first kappa shape index (κ1) is 27.3. The minimum Gasteiger partial charge on any atom is -0.204 e. The highest BCUT2D eigenvalue weighted by Gasteiger charge is 2.43. The molecule has 0 spiro atoms. The second-order valence-electron chi connectivity index (χ2n) is 8.43. The summed E-state index contributed by atoms with van der Waals surface area (Å²) < 4.78 is 186. The Balaban J connectivity index is 2.13. The summed E-state index contributed by atoms with van der Waals surface area (Å²) in [6.45, 7) is 0. The van der Waals surface area contributed by atoms with Gasteiger partial charge in [0.05, 0.1) is 5.56 Å². The quantitative estimate of drug-likeness (QED) is 0.0847. The zero-order valence-electron chi connectivity index (χ0n) is 19.0. The second kappa shape index (κ2) is 9.14. The SMILES string of the molecule is Fc1ccc(-c2c3ccccc3c(-c3c(F)c(F)c(C(F)(F)F)c(F)c3F)c3c(F)c(F)c(F)c(F)c23)cc1F. The molecule has 5 rings (SSSR count). The molecule has 0 radical (unpaired) electrons. The molecule has 0 aromatic heterocycles. The third-order valence-electron chi connectivity index (χ3n) is 6.24. The van der Waals surface area contributed by atoms with E-state index in [1.807, 2.05) is 0 Å². The number of hydrogen-bond donors (Lipinski definition) is 0. The van der Waals surface area contributed by atoms with E-state index in [-0.39, 0.29) is 0 Å². The standard InChI is InChI=1S/C27H7F13/c28-11-6-5-8(7-12(11)29)13-9-3-1-2-4-10(9)14(16-15(13)19(30)25(36)26(37)20(16)31)17-21(32)23(34)18(27(38,39)40)24(35)22(17)33/h1-7H. The number of fused-ring (bicyclic) bond motifs is 2. The van der Waals surface area contributed by atoms with E-state index in [1.165, 1.54) is 6.07 Å². The van der Waals surface area contributed by atoms with E-state index in [0.717, 1.165) is 24.3 Å². The first-order valence-corrected chi connectivity index (χ1v) is 10.8. The molecular formula is C27H7F13. The highest BCUT2D eigenvalue weighted by molar-refractivity contribution is 6.21. The molecule has 0 aliphatic rings. The summed E-state index contributed by atoms with van der Waals surface area (Å²) >= 11 is 0. The monoisotopic (exact) mass is 578 g/mol. The third-order valence-corrected chi connectivity index (χ3v) is 6.24. The molecule has 0 aliphatic heterocycles. The lowest BCUT2D eigenvalue weighted by Crippen LogP contribution is -2.16. The molecule has 0 aliphatic carbocycles. The van der Waals surface area contributed by atoms with Gasteiger partial charge in [0, 0.05) is 21.9 Å². The molecule has 0 nitrogen and oxygen atoms in total. The van der Waals surface area contributed by atoms with Crippen LogP contribution in [0.15, 0.2) is 42.5 Å². The minimum atomic E-state index is -5.94. The van der Waals surface area contributed by atoms with Gasteiger partial charge in [0.15, 0.2) is 58.2 Å². The van der Waals surface area contributed by atoms with E-state index in [1.54, 1.807) is 0 Å². The van der Waals surface area contributed by atoms with Gasteiger partial charge in [-0.05, 0) is 28.5 Å². The first-order chi connectivity index (χ1) is 18.7. The summed E-state index contributed by atoms with van der Waals surface area (Å²) in [6.07, 6.45) is -5.94. The zero-order valence-corrected chi connectivity index (χ0v) is 19.0. The molecule has 0 saturated carbocycles. The Kier molecular flexibility index (Phi) is 6.23. The highest BCUT2D eigenvalue weighted by Crippen LogP contribution is 2.49. The smallest absolute Gasteiger partial charge is 0.204 e. The van der Waals surface area contributed by atoms with E-state index in [4.69, 9.17) is 0 Å². The number of halogens is 13. The van der Waals surface area contributed by atoms with Gasteiger partial charge < -0.3 is 0 Å². The fraction of sp³-hybridized carbons (Fsp3) is 0.0370. The largest absolute Gasteiger partial charge is 0.422 e. The Morgan fingerprint density at radius 3 is 1.38 bits per heavy atom. The van der Waals surface area contributed by atoms with Crippen molar-refractivity contribution in [2.75, 3.05) is 0 Å². The van der Waals surface area contributed by atoms with Gasteiger partial charge >= 0.3 is 6.18 Å². The molecule has 0 unspecified atom stereocenters. The average Bonchev–Trinajstić information content (AvgIpc) is 2.90. The van der Waals surface area contributed by atoms with Crippen molar-refractivity contribution < 1.29 is 57.1 Å². The van der Waals surface area contributed by atoms with Gasteiger partial charge in [-0.25, -0.2) is 43.9 Å². The summed E-state index contributed by atoms with van der Waals surface area (Å²) in [4.78, 5) is 0. The van der Waals surface area contributed by atoms with Gasteiger partial charge in [0.2, 0.25) is 0 Å². The van der Waals surface area contributed by atoms with E-state index < -0.39 is 114 Å². The molecule has 40 heavy (non-hydrogen) atoms. The summed E-state index contributed by atoms with van der Waals surface area (Å²) in [5, 5.41) is -3.99. The van der Waals surface area contributed by atoms with Crippen molar-refractivity contribution in [1.29, 1.82) is 0 Å². The minimum absolute atomic E-state index is 0.445. The Morgan fingerprint density at radius 2 is 0.900 bits per heavy atom. The fourth-order valence-corrected chi connectivity index (χ4v) is 4.60. The van der Waals surface area contributed by atoms with E-state index >= 15 is 17.6 Å². The molecule has 0 fully saturated rings. The van der Waals surface area contributed by atoms with Crippen molar-refractivity contribution in [3.8, 4) is 22.3 Å². The van der Waals surface area contributed by atoms with Crippen LogP contribution in [-0.4, -0.2) is 0 Å². The van der Waals surface area contributed by atoms with Crippen LogP contribution in [-0.2, 0) is 6.18 Å². The molecule has 13 heteroatoms. The lowest BCUT2D eigenvalue weighted by molar-refractivity contribution is -0.143. The van der Waals surface area contributed by atoms with Crippen LogP contribution in [0.2, 0.25) is 0 Å². The molecule has 206 valence electrons. The zero-order chi connectivity index (χ0) is 29.4. The molecule has 5 aromatic carbocycles. The van der Waals surface area contributed by atoms with Gasteiger partial charge in [-0.15, -0.1) is 0 Å². The summed E-state index contributed by atoms with van der Waals surface area (Å²) in [7, 11) is 0. The molecule has 0 amide bonds. The number of hydrogen-bond acceptors (Lipinski definition) is 0. The van der Waals surface area contributed by atoms with Crippen molar-refractivity contribution in [2.45, 2.75) is 6.18 Å². The van der Waals surface area contributed by atoms with Crippen LogP contribution in [0, 0.1) is 58.2 Å². The lowest BCUT2D eigenvalue weighted by Gasteiger charge is -2.21. The first-order valence-electron chi connectivity index (χ1n) is 10.8. The lowest BCUT2D eigenvalue weighted by atomic mass is 9.84. The molecule has 0 heterocycles. The normalized spacial score (nSPS) is 12.1. The third kappa shape index (κ3) is 3.78. The van der Waals surface area contributed by atoms with Crippen molar-refractivity contribution >= 4 is 21.5 Å². The molecule has 0 N–H and O–H groups in total. The Labute approximate surface area is 213 Å². The maximum atomic E-state index is 15.4. The topological polar surface area (TPSA) is 0 Å². The molecular weight excluding hydrogens is 571 g/mol. The molecule has 0 atom stereocenters. The summed E-state index contributed by atoms with van der Waals surface area (Å²) in [5.41, 5.74) is -7.50.